The van der Waals surface area contributed by atoms with E-state index in [0.717, 1.165) is 29.5 Å². The van der Waals surface area contributed by atoms with Gasteiger partial charge in [0.05, 0.1) is 6.54 Å². The third-order valence-corrected chi connectivity index (χ3v) is 8.71. The number of hydrogen-bond acceptors (Lipinski definition) is 5. The summed E-state index contributed by atoms with van der Waals surface area (Å²) in [4.78, 5) is 33.2. The molecule has 1 fully saturated rings. The number of likely N-dealkylation sites (tertiary alicyclic amines) is 1. The first-order chi connectivity index (χ1) is 22.4. The Kier molecular flexibility index (Phi) is 12.9. The van der Waals surface area contributed by atoms with Crippen LogP contribution < -0.4 is 11.1 Å². The van der Waals surface area contributed by atoms with Gasteiger partial charge >= 0.3 is 0 Å². The van der Waals surface area contributed by atoms with Gasteiger partial charge in [0, 0.05) is 42.9 Å². The van der Waals surface area contributed by atoms with Crippen LogP contribution in [0.5, 0.6) is 0 Å². The second-order valence-corrected chi connectivity index (χ2v) is 11.9. The van der Waals surface area contributed by atoms with Crippen LogP contribution in [-0.2, 0) is 40.9 Å². The van der Waals surface area contributed by atoms with Crippen LogP contribution in [0.25, 0.3) is 0 Å². The van der Waals surface area contributed by atoms with E-state index in [1.165, 1.54) is 5.56 Å². The summed E-state index contributed by atoms with van der Waals surface area (Å²) < 4.78 is 1.87. The fraction of sp³-hybridized carbons (Fsp3) is 0.297. The molecule has 0 aliphatic carbocycles. The molecule has 1 aliphatic heterocycles. The standard InChI is InChI=1S/C33H37ClN6O2.C4H6/c34-29-13-10-25(11-14-29)20-30(38-31(41)15-12-26-6-4-5-7-27(26)21-35)32(42)39-18-16-33(17-19-39,22-40-24-36-23-37-40)28-8-2-1-3-9-28;1-3-4-2/h1-11,13-14,23-24,30H,12,15-22,35H2,(H,38,41);3-4H,1-2H2/t30-;/m1./s1. The summed E-state index contributed by atoms with van der Waals surface area (Å²) in [5, 5.41) is 8.05. The second-order valence-electron chi connectivity index (χ2n) is 11.5. The smallest absolute Gasteiger partial charge is 0.245 e. The van der Waals surface area contributed by atoms with E-state index in [0.29, 0.717) is 44.0 Å². The van der Waals surface area contributed by atoms with E-state index in [1.54, 1.807) is 24.8 Å². The highest BCUT2D eigenvalue weighted by atomic mass is 35.5. The van der Waals surface area contributed by atoms with Crippen LogP contribution >= 0.6 is 11.6 Å². The lowest BCUT2D eigenvalue weighted by atomic mass is 9.72. The summed E-state index contributed by atoms with van der Waals surface area (Å²) in [5.41, 5.74) is 9.96. The van der Waals surface area contributed by atoms with E-state index in [-0.39, 0.29) is 23.7 Å². The van der Waals surface area contributed by atoms with E-state index in [2.05, 4.69) is 52.8 Å². The topological polar surface area (TPSA) is 106 Å². The van der Waals surface area contributed by atoms with Gasteiger partial charge in [0.15, 0.2) is 0 Å². The third kappa shape index (κ3) is 9.49. The SMILES string of the molecule is C=CC=C.NCc1ccccc1CCC(=O)N[C@H](Cc1ccc(Cl)cc1)C(=O)N1CCC(Cn2cncn2)(c2ccccc2)CC1. The van der Waals surface area contributed by atoms with Crippen LogP contribution in [0, 0.1) is 0 Å². The Morgan fingerprint density at radius 3 is 2.22 bits per heavy atom. The Hall–Kier alpha value is -4.53. The molecule has 4 aromatic rings. The molecule has 2 amide bonds. The summed E-state index contributed by atoms with van der Waals surface area (Å²) in [6.45, 7) is 9.00. The van der Waals surface area contributed by atoms with Crippen molar-refractivity contribution in [1.29, 1.82) is 0 Å². The lowest BCUT2D eigenvalue weighted by Gasteiger charge is -2.43. The first-order valence-electron chi connectivity index (χ1n) is 15.6. The van der Waals surface area contributed by atoms with Gasteiger partial charge in [-0.1, -0.05) is 104 Å². The number of amides is 2. The molecule has 8 nitrogen and oxygen atoms in total. The molecule has 0 saturated carbocycles. The van der Waals surface area contributed by atoms with Gasteiger partial charge in [0.2, 0.25) is 11.8 Å². The highest BCUT2D eigenvalue weighted by molar-refractivity contribution is 6.30. The van der Waals surface area contributed by atoms with Crippen molar-refractivity contribution in [3.05, 3.63) is 144 Å². The van der Waals surface area contributed by atoms with Gasteiger partial charge in [-0.15, -0.1) is 0 Å². The monoisotopic (exact) mass is 638 g/mol. The minimum atomic E-state index is -0.678. The predicted octanol–water partition coefficient (Wildman–Crippen LogP) is 5.67. The average Bonchev–Trinajstić information content (AvgIpc) is 3.61. The van der Waals surface area contributed by atoms with Crippen LogP contribution in [-0.4, -0.2) is 50.6 Å². The van der Waals surface area contributed by atoms with Gasteiger partial charge in [-0.2, -0.15) is 5.10 Å². The number of nitrogens with two attached hydrogens (primary N) is 1. The number of aryl methyl sites for hydroxylation is 1. The summed E-state index contributed by atoms with van der Waals surface area (Å²) >= 11 is 6.11. The Morgan fingerprint density at radius 2 is 1.61 bits per heavy atom. The van der Waals surface area contributed by atoms with E-state index in [4.69, 9.17) is 17.3 Å². The number of nitrogens with one attached hydrogen (secondary N) is 1. The van der Waals surface area contributed by atoms with Crippen molar-refractivity contribution in [3.63, 3.8) is 0 Å². The Morgan fingerprint density at radius 1 is 0.957 bits per heavy atom. The number of nitrogens with zero attached hydrogens (tertiary/aromatic N) is 4. The van der Waals surface area contributed by atoms with Gasteiger partial charge in [0.25, 0.3) is 0 Å². The van der Waals surface area contributed by atoms with Crippen LogP contribution in [0.1, 0.15) is 41.5 Å². The summed E-state index contributed by atoms with van der Waals surface area (Å²) in [6, 6.07) is 25.1. The molecule has 0 bridgehead atoms. The zero-order valence-corrected chi connectivity index (χ0v) is 27.0. The van der Waals surface area contributed by atoms with Crippen molar-refractivity contribution in [2.24, 2.45) is 5.73 Å². The van der Waals surface area contributed by atoms with Crippen LogP contribution in [0.15, 0.2) is 117 Å². The predicted molar refractivity (Wildman–Crippen MR) is 184 cm³/mol. The molecule has 0 spiro atoms. The molecule has 0 radical (unpaired) electrons. The molecule has 3 aromatic carbocycles. The van der Waals surface area contributed by atoms with Crippen LogP contribution in [0.4, 0.5) is 0 Å². The molecule has 1 saturated heterocycles. The van der Waals surface area contributed by atoms with E-state index >= 15 is 0 Å². The number of halogens is 1. The molecular formula is C37H43ClN6O2. The molecule has 1 aromatic heterocycles. The maximum absolute atomic E-state index is 14.0. The summed E-state index contributed by atoms with van der Waals surface area (Å²) in [7, 11) is 0. The van der Waals surface area contributed by atoms with Gasteiger partial charge in [-0.3, -0.25) is 14.3 Å². The molecule has 2 heterocycles. The minimum absolute atomic E-state index is 0.0666. The summed E-state index contributed by atoms with van der Waals surface area (Å²) in [6.07, 6.45) is 9.35. The molecular weight excluding hydrogens is 596 g/mol. The zero-order chi connectivity index (χ0) is 32.8. The zero-order valence-electron chi connectivity index (χ0n) is 26.2. The van der Waals surface area contributed by atoms with Gasteiger partial charge in [-0.05, 0) is 53.6 Å². The fourth-order valence-corrected chi connectivity index (χ4v) is 6.03. The largest absolute Gasteiger partial charge is 0.344 e. The van der Waals surface area contributed by atoms with Gasteiger partial charge in [-0.25, -0.2) is 4.98 Å². The molecule has 5 rings (SSSR count). The molecule has 240 valence electrons. The van der Waals surface area contributed by atoms with Crippen molar-refractivity contribution in [1.82, 2.24) is 25.0 Å². The lowest BCUT2D eigenvalue weighted by molar-refractivity contribution is -0.138. The maximum Gasteiger partial charge on any atom is 0.245 e. The average molecular weight is 639 g/mol. The molecule has 3 N–H and O–H groups in total. The van der Waals surface area contributed by atoms with Gasteiger partial charge < -0.3 is 16.0 Å². The van der Waals surface area contributed by atoms with E-state index < -0.39 is 6.04 Å². The number of hydrogen-bond donors (Lipinski definition) is 2. The van der Waals surface area contributed by atoms with Crippen molar-refractivity contribution >= 4 is 23.4 Å². The Balaban J connectivity index is 0.00000113. The minimum Gasteiger partial charge on any atom is -0.344 e. The molecule has 1 atom stereocenters. The molecule has 46 heavy (non-hydrogen) atoms. The molecule has 9 heteroatoms. The van der Waals surface area contributed by atoms with Gasteiger partial charge in [0.1, 0.15) is 18.7 Å². The quantitative estimate of drug-likeness (QED) is 0.195. The fourth-order valence-electron chi connectivity index (χ4n) is 5.90. The van der Waals surface area contributed by atoms with E-state index in [9.17, 15) is 9.59 Å². The lowest BCUT2D eigenvalue weighted by Crippen LogP contribution is -2.54. The molecule has 1 aliphatic rings. The van der Waals surface area contributed by atoms with Crippen molar-refractivity contribution in [2.75, 3.05) is 13.1 Å². The number of allylic oxidation sites excluding steroid dienone is 2. The van der Waals surface area contributed by atoms with Crippen molar-refractivity contribution in [2.45, 2.75) is 56.7 Å². The highest BCUT2D eigenvalue weighted by Crippen LogP contribution is 2.37. The van der Waals surface area contributed by atoms with Crippen molar-refractivity contribution < 1.29 is 9.59 Å². The van der Waals surface area contributed by atoms with Crippen LogP contribution in [0.2, 0.25) is 5.02 Å². The highest BCUT2D eigenvalue weighted by Gasteiger charge is 2.39. The Labute approximate surface area is 277 Å². The number of carbonyl (C=O) groups excluding carboxylic acids is 2. The second kappa shape index (κ2) is 17.2. The normalized spacial score (nSPS) is 14.3. The molecule has 0 unspecified atom stereocenters. The van der Waals surface area contributed by atoms with E-state index in [1.807, 2.05) is 64.2 Å². The summed E-state index contributed by atoms with van der Waals surface area (Å²) in [5.74, 6) is -0.223. The Bertz CT molecular complexity index is 1540. The number of rotatable bonds is 12. The number of benzene rings is 3. The number of carbonyl (C=O) groups is 2. The third-order valence-electron chi connectivity index (χ3n) is 8.46. The van der Waals surface area contributed by atoms with Crippen molar-refractivity contribution in [3.8, 4) is 0 Å². The first-order valence-corrected chi connectivity index (χ1v) is 16.0. The van der Waals surface area contributed by atoms with Crippen LogP contribution in [0.3, 0.4) is 0 Å². The number of piperidine rings is 1. The first kappa shape index (κ1) is 34.3. The number of aromatic nitrogens is 3. The maximum atomic E-state index is 14.0.